The van der Waals surface area contributed by atoms with Gasteiger partial charge in [0.25, 0.3) is 5.91 Å². The lowest BCUT2D eigenvalue weighted by Gasteiger charge is -2.36. The van der Waals surface area contributed by atoms with Crippen LogP contribution >= 0.6 is 0 Å². The first-order valence-corrected chi connectivity index (χ1v) is 5.45. The Bertz CT molecular complexity index is 471. The third-order valence-corrected chi connectivity index (χ3v) is 2.74. The highest BCUT2D eigenvalue weighted by Crippen LogP contribution is 2.17. The molecule has 2 rings (SSSR count). The molecule has 5 nitrogen and oxygen atoms in total. The van der Waals surface area contributed by atoms with Crippen LogP contribution in [0.25, 0.3) is 0 Å². The Morgan fingerprint density at radius 1 is 1.44 bits per heavy atom. The zero-order chi connectivity index (χ0) is 13.1. The lowest BCUT2D eigenvalue weighted by atomic mass is 10.0. The minimum atomic E-state index is -0.898. The van der Waals surface area contributed by atoms with E-state index in [1.54, 1.807) is 6.07 Å². The van der Waals surface area contributed by atoms with Crippen LogP contribution in [0.15, 0.2) is 24.3 Å². The van der Waals surface area contributed by atoms with Crippen LogP contribution in [0, 0.1) is 11.7 Å². The molecule has 0 aromatic heterocycles. The molecule has 1 aliphatic heterocycles. The van der Waals surface area contributed by atoms with Crippen molar-refractivity contribution < 1.29 is 23.8 Å². The van der Waals surface area contributed by atoms with Crippen LogP contribution in [0.3, 0.4) is 0 Å². The van der Waals surface area contributed by atoms with E-state index in [4.69, 9.17) is 9.84 Å². The van der Waals surface area contributed by atoms with Gasteiger partial charge < -0.3 is 14.7 Å². The van der Waals surface area contributed by atoms with E-state index in [1.807, 2.05) is 0 Å². The van der Waals surface area contributed by atoms with Crippen LogP contribution < -0.4 is 4.74 Å². The SMILES string of the molecule is O=C(O)C1CN(C(=O)COc2cccc(F)c2)C1. The van der Waals surface area contributed by atoms with Crippen molar-refractivity contribution in [3.05, 3.63) is 30.1 Å². The van der Waals surface area contributed by atoms with Crippen LogP contribution in [-0.4, -0.2) is 41.6 Å². The van der Waals surface area contributed by atoms with E-state index < -0.39 is 17.7 Å². The Hall–Kier alpha value is -2.11. The molecule has 6 heteroatoms. The molecule has 0 saturated carbocycles. The van der Waals surface area contributed by atoms with Crippen molar-refractivity contribution in [3.63, 3.8) is 0 Å². The van der Waals surface area contributed by atoms with E-state index in [0.717, 1.165) is 0 Å². The minimum absolute atomic E-state index is 0.209. The van der Waals surface area contributed by atoms with Crippen molar-refractivity contribution in [2.45, 2.75) is 0 Å². The van der Waals surface area contributed by atoms with Gasteiger partial charge in [0, 0.05) is 19.2 Å². The third-order valence-electron chi connectivity index (χ3n) is 2.74. The first kappa shape index (κ1) is 12.3. The van der Waals surface area contributed by atoms with Gasteiger partial charge in [0.05, 0.1) is 5.92 Å². The van der Waals surface area contributed by atoms with Gasteiger partial charge in [-0.05, 0) is 12.1 Å². The van der Waals surface area contributed by atoms with Crippen molar-refractivity contribution in [2.24, 2.45) is 5.92 Å². The number of benzene rings is 1. The van der Waals surface area contributed by atoms with Gasteiger partial charge in [-0.15, -0.1) is 0 Å². The van der Waals surface area contributed by atoms with Crippen LogP contribution in [0.4, 0.5) is 4.39 Å². The molecule has 1 aromatic rings. The molecule has 1 N–H and O–H groups in total. The van der Waals surface area contributed by atoms with Crippen LogP contribution in [0.1, 0.15) is 0 Å². The number of carbonyl (C=O) groups excluding carboxylic acids is 1. The second-order valence-corrected chi connectivity index (χ2v) is 4.08. The molecule has 0 radical (unpaired) electrons. The standard InChI is InChI=1S/C12H12FNO4/c13-9-2-1-3-10(4-9)18-7-11(15)14-5-8(6-14)12(16)17/h1-4,8H,5-7H2,(H,16,17). The number of hydrogen-bond donors (Lipinski definition) is 1. The molecule has 1 aromatic carbocycles. The molecular formula is C12H12FNO4. The number of carboxylic acid groups (broad SMARTS) is 1. The Kier molecular flexibility index (Phi) is 3.45. The number of halogens is 1. The number of amides is 1. The van der Waals surface area contributed by atoms with E-state index in [-0.39, 0.29) is 31.4 Å². The maximum absolute atomic E-state index is 12.8. The predicted molar refractivity (Wildman–Crippen MR) is 59.6 cm³/mol. The number of ether oxygens (including phenoxy) is 1. The highest BCUT2D eigenvalue weighted by atomic mass is 19.1. The Morgan fingerprint density at radius 2 is 2.17 bits per heavy atom. The predicted octanol–water partition coefficient (Wildman–Crippen LogP) is 0.747. The first-order chi connectivity index (χ1) is 8.56. The molecule has 0 spiro atoms. The van der Waals surface area contributed by atoms with Gasteiger partial charge in [-0.2, -0.15) is 0 Å². The molecule has 18 heavy (non-hydrogen) atoms. The van der Waals surface area contributed by atoms with E-state index in [1.165, 1.54) is 23.1 Å². The Morgan fingerprint density at radius 3 is 2.78 bits per heavy atom. The summed E-state index contributed by atoms with van der Waals surface area (Å²) in [6, 6.07) is 5.50. The second-order valence-electron chi connectivity index (χ2n) is 4.08. The maximum atomic E-state index is 12.8. The van der Waals surface area contributed by atoms with Crippen LogP contribution in [0.2, 0.25) is 0 Å². The van der Waals surface area contributed by atoms with E-state index in [0.29, 0.717) is 0 Å². The zero-order valence-corrected chi connectivity index (χ0v) is 9.51. The van der Waals surface area contributed by atoms with Crippen molar-refractivity contribution in [1.29, 1.82) is 0 Å². The number of hydrogen-bond acceptors (Lipinski definition) is 3. The van der Waals surface area contributed by atoms with E-state index in [2.05, 4.69) is 0 Å². The molecule has 0 atom stereocenters. The minimum Gasteiger partial charge on any atom is -0.484 e. The van der Waals surface area contributed by atoms with Gasteiger partial charge >= 0.3 is 5.97 Å². The highest BCUT2D eigenvalue weighted by Gasteiger charge is 2.35. The summed E-state index contributed by atoms with van der Waals surface area (Å²) < 4.78 is 17.9. The third kappa shape index (κ3) is 2.77. The molecule has 0 bridgehead atoms. The number of nitrogens with zero attached hydrogens (tertiary/aromatic N) is 1. The van der Waals surface area contributed by atoms with Gasteiger partial charge in [0.2, 0.25) is 0 Å². The van der Waals surface area contributed by atoms with Gasteiger partial charge in [-0.25, -0.2) is 4.39 Å². The second kappa shape index (κ2) is 5.03. The first-order valence-electron chi connectivity index (χ1n) is 5.45. The smallest absolute Gasteiger partial charge is 0.310 e. The average Bonchev–Trinajstić information content (AvgIpc) is 2.24. The van der Waals surface area contributed by atoms with Crippen LogP contribution in [-0.2, 0) is 9.59 Å². The topological polar surface area (TPSA) is 66.8 Å². The van der Waals surface area contributed by atoms with Crippen molar-refractivity contribution in [1.82, 2.24) is 4.90 Å². The molecule has 1 aliphatic rings. The molecule has 0 aliphatic carbocycles. The Balaban J connectivity index is 1.78. The summed E-state index contributed by atoms with van der Waals surface area (Å²) in [6.45, 7) is 0.206. The van der Waals surface area contributed by atoms with Crippen molar-refractivity contribution in [2.75, 3.05) is 19.7 Å². The number of likely N-dealkylation sites (tertiary alicyclic amines) is 1. The summed E-state index contributed by atoms with van der Waals surface area (Å²) in [5, 5.41) is 8.66. The van der Waals surface area contributed by atoms with E-state index in [9.17, 15) is 14.0 Å². The van der Waals surface area contributed by atoms with Gasteiger partial charge in [0.1, 0.15) is 11.6 Å². The number of carbonyl (C=O) groups is 2. The number of rotatable bonds is 4. The molecule has 1 heterocycles. The van der Waals surface area contributed by atoms with Crippen LogP contribution in [0.5, 0.6) is 5.75 Å². The van der Waals surface area contributed by atoms with Gasteiger partial charge in [0.15, 0.2) is 6.61 Å². The maximum Gasteiger partial charge on any atom is 0.310 e. The zero-order valence-electron chi connectivity index (χ0n) is 9.51. The lowest BCUT2D eigenvalue weighted by molar-refractivity contribution is -0.153. The summed E-state index contributed by atoms with van der Waals surface area (Å²) in [7, 11) is 0. The normalized spacial score (nSPS) is 15.1. The Labute approximate surface area is 103 Å². The fourth-order valence-corrected chi connectivity index (χ4v) is 1.63. The summed E-state index contributed by atoms with van der Waals surface area (Å²) in [5.41, 5.74) is 0. The highest BCUT2D eigenvalue weighted by molar-refractivity contribution is 5.82. The van der Waals surface area contributed by atoms with Gasteiger partial charge in [-0.3, -0.25) is 9.59 Å². The molecule has 96 valence electrons. The quantitative estimate of drug-likeness (QED) is 0.859. The summed E-state index contributed by atoms with van der Waals surface area (Å²) in [4.78, 5) is 23.5. The molecule has 1 amide bonds. The van der Waals surface area contributed by atoms with Crippen molar-refractivity contribution >= 4 is 11.9 Å². The van der Waals surface area contributed by atoms with Crippen molar-refractivity contribution in [3.8, 4) is 5.75 Å². The molecule has 0 unspecified atom stereocenters. The lowest BCUT2D eigenvalue weighted by Crippen LogP contribution is -2.54. The fourth-order valence-electron chi connectivity index (χ4n) is 1.63. The summed E-state index contributed by atoms with van der Waals surface area (Å²) in [6.07, 6.45) is 0. The number of carboxylic acids is 1. The largest absolute Gasteiger partial charge is 0.484 e. The number of aliphatic carboxylic acids is 1. The molecule has 1 saturated heterocycles. The fraction of sp³-hybridized carbons (Fsp3) is 0.333. The summed E-state index contributed by atoms with van der Waals surface area (Å²) >= 11 is 0. The average molecular weight is 253 g/mol. The molecule has 1 fully saturated rings. The summed E-state index contributed by atoms with van der Waals surface area (Å²) in [5.74, 6) is -1.83. The molecular weight excluding hydrogens is 241 g/mol. The van der Waals surface area contributed by atoms with Gasteiger partial charge in [-0.1, -0.05) is 6.07 Å². The van der Waals surface area contributed by atoms with E-state index >= 15 is 0 Å². The monoisotopic (exact) mass is 253 g/mol.